The normalized spacial score (nSPS) is 11.8. The molecule has 0 unspecified atom stereocenters. The van der Waals surface area contributed by atoms with Crippen molar-refractivity contribution in [1.82, 2.24) is 14.5 Å². The Labute approximate surface area is 115 Å². The number of fused-ring (bicyclic) bond motifs is 1. The van der Waals surface area contributed by atoms with Gasteiger partial charge in [0.25, 0.3) is 11.2 Å². The van der Waals surface area contributed by atoms with Crippen molar-refractivity contribution in [3.63, 3.8) is 0 Å². The molecule has 0 aromatic carbocycles. The van der Waals surface area contributed by atoms with Crippen molar-refractivity contribution in [2.75, 3.05) is 6.26 Å². The number of sulfone groups is 1. The van der Waals surface area contributed by atoms with Crippen LogP contribution in [0.3, 0.4) is 0 Å². The summed E-state index contributed by atoms with van der Waals surface area (Å²) in [6, 6.07) is 1.12. The van der Waals surface area contributed by atoms with Crippen LogP contribution in [0.15, 0.2) is 22.2 Å². The van der Waals surface area contributed by atoms with Gasteiger partial charge in [-0.1, -0.05) is 0 Å². The van der Waals surface area contributed by atoms with Crippen LogP contribution < -0.4 is 5.56 Å². The van der Waals surface area contributed by atoms with E-state index >= 15 is 0 Å². The van der Waals surface area contributed by atoms with E-state index in [0.29, 0.717) is 5.39 Å². The van der Waals surface area contributed by atoms with Gasteiger partial charge < -0.3 is 0 Å². The highest BCUT2D eigenvalue weighted by Crippen LogP contribution is 2.19. The van der Waals surface area contributed by atoms with Crippen LogP contribution in [0.4, 0.5) is 5.69 Å². The maximum absolute atomic E-state index is 12.2. The smallest absolute Gasteiger partial charge is 0.258 e. The number of rotatable bonds is 2. The highest BCUT2D eigenvalue weighted by molar-refractivity contribution is 7.90. The number of pyridine rings is 1. The average molecular weight is 292 g/mol. The van der Waals surface area contributed by atoms with E-state index < -0.39 is 15.4 Å². The van der Waals surface area contributed by atoms with Crippen molar-refractivity contribution in [2.24, 2.45) is 0 Å². The fourth-order valence-corrected chi connectivity index (χ4v) is 2.32. The largest absolute Gasteiger partial charge is 0.299 e. The highest BCUT2D eigenvalue weighted by Gasteiger charge is 2.17. The molecule has 0 saturated carbocycles. The summed E-state index contributed by atoms with van der Waals surface area (Å²) < 4.78 is 24.3. The summed E-state index contributed by atoms with van der Waals surface area (Å²) in [5, 5.41) is 0.117. The maximum atomic E-state index is 12.2. The van der Waals surface area contributed by atoms with Crippen LogP contribution in [-0.4, -0.2) is 29.2 Å². The molecule has 0 N–H and O–H groups in total. The topological polar surface area (TPSA) is 86.3 Å². The molecule has 2 heterocycles. The van der Waals surface area contributed by atoms with Gasteiger partial charge in [-0.15, -0.1) is 0 Å². The Balaban J connectivity index is 2.99. The zero-order chi connectivity index (χ0) is 15.1. The first-order valence-corrected chi connectivity index (χ1v) is 7.64. The van der Waals surface area contributed by atoms with Crippen molar-refractivity contribution in [3.8, 4) is 0 Å². The van der Waals surface area contributed by atoms with E-state index in [4.69, 9.17) is 6.57 Å². The van der Waals surface area contributed by atoms with Crippen LogP contribution in [0.1, 0.15) is 19.9 Å². The SMILES string of the molecule is [C-]#[N+]c1cc2cnc(S(C)(=O)=O)nc2n(C(C)C)c1=O. The molecular formula is C12H12N4O3S. The first kappa shape index (κ1) is 14.1. The zero-order valence-electron chi connectivity index (χ0n) is 11.2. The molecule has 8 heteroatoms. The van der Waals surface area contributed by atoms with Crippen LogP contribution in [0.5, 0.6) is 0 Å². The molecule has 0 atom stereocenters. The van der Waals surface area contributed by atoms with E-state index in [0.717, 1.165) is 6.26 Å². The number of nitrogens with zero attached hydrogens (tertiary/aromatic N) is 4. The molecule has 0 amide bonds. The Morgan fingerprint density at radius 2 is 2.05 bits per heavy atom. The molecule has 104 valence electrons. The Kier molecular flexibility index (Phi) is 3.31. The summed E-state index contributed by atoms with van der Waals surface area (Å²) in [5.74, 6) is 0. The third-order valence-corrected chi connectivity index (χ3v) is 3.56. The second kappa shape index (κ2) is 4.68. The van der Waals surface area contributed by atoms with Crippen LogP contribution in [0.2, 0.25) is 0 Å². The van der Waals surface area contributed by atoms with E-state index in [1.165, 1.54) is 16.8 Å². The van der Waals surface area contributed by atoms with Crippen molar-refractivity contribution in [3.05, 3.63) is 34.0 Å². The van der Waals surface area contributed by atoms with Gasteiger partial charge in [0.05, 0.1) is 6.57 Å². The summed E-state index contributed by atoms with van der Waals surface area (Å²) >= 11 is 0. The third kappa shape index (κ3) is 2.28. The fraction of sp³-hybridized carbons (Fsp3) is 0.333. The second-order valence-corrected chi connectivity index (χ2v) is 6.52. The predicted molar refractivity (Wildman–Crippen MR) is 73.6 cm³/mol. The fourth-order valence-electron chi connectivity index (χ4n) is 1.83. The number of hydrogen-bond acceptors (Lipinski definition) is 5. The van der Waals surface area contributed by atoms with Crippen molar-refractivity contribution < 1.29 is 8.42 Å². The minimum absolute atomic E-state index is 0.0399. The lowest BCUT2D eigenvalue weighted by atomic mass is 10.2. The molecule has 0 aliphatic heterocycles. The van der Waals surface area contributed by atoms with Gasteiger partial charge >= 0.3 is 0 Å². The Morgan fingerprint density at radius 3 is 2.55 bits per heavy atom. The van der Waals surface area contributed by atoms with Gasteiger partial charge in [-0.3, -0.25) is 9.36 Å². The molecule has 7 nitrogen and oxygen atoms in total. The minimum atomic E-state index is -3.56. The van der Waals surface area contributed by atoms with Gasteiger partial charge in [0, 0.05) is 23.9 Å². The minimum Gasteiger partial charge on any atom is -0.299 e. The molecule has 2 rings (SSSR count). The molecular weight excluding hydrogens is 280 g/mol. The van der Waals surface area contributed by atoms with Gasteiger partial charge in [0.2, 0.25) is 15.0 Å². The van der Waals surface area contributed by atoms with Crippen LogP contribution >= 0.6 is 0 Å². The van der Waals surface area contributed by atoms with Gasteiger partial charge in [-0.05, 0) is 19.9 Å². The maximum Gasteiger partial charge on any atom is 0.258 e. The summed E-state index contributed by atoms with van der Waals surface area (Å²) in [6.07, 6.45) is 2.31. The van der Waals surface area contributed by atoms with Crippen molar-refractivity contribution >= 4 is 26.6 Å². The van der Waals surface area contributed by atoms with Gasteiger partial charge in [0.15, 0.2) is 0 Å². The van der Waals surface area contributed by atoms with Crippen molar-refractivity contribution in [1.29, 1.82) is 0 Å². The lowest BCUT2D eigenvalue weighted by Crippen LogP contribution is -2.23. The summed E-state index contributed by atoms with van der Waals surface area (Å²) in [5.41, 5.74) is -0.310. The first-order chi connectivity index (χ1) is 9.25. The first-order valence-electron chi connectivity index (χ1n) is 5.75. The van der Waals surface area contributed by atoms with Gasteiger partial charge in [0.1, 0.15) is 5.65 Å². The van der Waals surface area contributed by atoms with Crippen LogP contribution in [0, 0.1) is 6.57 Å². The average Bonchev–Trinajstić information content (AvgIpc) is 2.35. The molecule has 0 radical (unpaired) electrons. The van der Waals surface area contributed by atoms with E-state index in [1.54, 1.807) is 13.8 Å². The second-order valence-electron chi connectivity index (χ2n) is 4.61. The molecule has 0 aliphatic carbocycles. The van der Waals surface area contributed by atoms with E-state index in [2.05, 4.69) is 14.8 Å². The molecule has 2 aromatic rings. The molecule has 20 heavy (non-hydrogen) atoms. The van der Waals surface area contributed by atoms with Gasteiger partial charge in [-0.25, -0.2) is 18.2 Å². The standard InChI is InChI=1S/C12H12N4O3S/c1-7(2)16-10-8(5-9(13-3)11(16)17)6-14-12(15-10)20(4,18)19/h5-7H,1-2,4H3. The molecule has 0 aliphatic rings. The van der Waals surface area contributed by atoms with Gasteiger partial charge in [-0.2, -0.15) is 4.98 Å². The van der Waals surface area contributed by atoms with Crippen molar-refractivity contribution in [2.45, 2.75) is 25.0 Å². The van der Waals surface area contributed by atoms with Crippen LogP contribution in [0.25, 0.3) is 15.9 Å². The summed E-state index contributed by atoms with van der Waals surface area (Å²) in [6.45, 7) is 10.5. The quantitative estimate of drug-likeness (QED) is 0.615. The number of hydrogen-bond donors (Lipinski definition) is 0. The Hall–Kier alpha value is -2.27. The predicted octanol–water partition coefficient (Wildman–Crippen LogP) is 1.33. The molecule has 0 fully saturated rings. The molecule has 0 bridgehead atoms. The zero-order valence-corrected chi connectivity index (χ0v) is 12.0. The Bertz CT molecular complexity index is 891. The van der Waals surface area contributed by atoms with Crippen LogP contribution in [-0.2, 0) is 9.84 Å². The van der Waals surface area contributed by atoms with E-state index in [9.17, 15) is 13.2 Å². The molecule has 2 aromatic heterocycles. The lowest BCUT2D eigenvalue weighted by molar-refractivity contribution is 0.583. The van der Waals surface area contributed by atoms with E-state index in [-0.39, 0.29) is 22.5 Å². The Morgan fingerprint density at radius 1 is 1.40 bits per heavy atom. The highest BCUT2D eigenvalue weighted by atomic mass is 32.2. The monoisotopic (exact) mass is 292 g/mol. The summed E-state index contributed by atoms with van der Waals surface area (Å²) in [4.78, 5) is 23.1. The lowest BCUT2D eigenvalue weighted by Gasteiger charge is -2.13. The third-order valence-electron chi connectivity index (χ3n) is 2.70. The summed E-state index contributed by atoms with van der Waals surface area (Å²) in [7, 11) is -3.56. The molecule has 0 saturated heterocycles. The number of aromatic nitrogens is 3. The molecule has 0 spiro atoms. The van der Waals surface area contributed by atoms with E-state index in [1.807, 2.05) is 0 Å².